The van der Waals surface area contributed by atoms with Crippen LogP contribution in [0.2, 0.25) is 0 Å². The monoisotopic (exact) mass is 251 g/mol. The zero-order chi connectivity index (χ0) is 12.1. The highest BCUT2D eigenvalue weighted by molar-refractivity contribution is 7.09. The lowest BCUT2D eigenvalue weighted by atomic mass is 10.3. The average Bonchev–Trinajstić information content (AvgIpc) is 2.97. The van der Waals surface area contributed by atoms with Crippen molar-refractivity contribution in [2.45, 2.75) is 19.5 Å². The summed E-state index contributed by atoms with van der Waals surface area (Å²) in [6.45, 7) is 2.22. The summed E-state index contributed by atoms with van der Waals surface area (Å²) in [6, 6.07) is 6.17. The van der Waals surface area contributed by atoms with Gasteiger partial charge in [-0.15, -0.1) is 11.3 Å². The molecule has 17 heavy (non-hydrogen) atoms. The van der Waals surface area contributed by atoms with Crippen molar-refractivity contribution in [3.05, 3.63) is 39.9 Å². The number of aromatic nitrogens is 1. The average molecular weight is 251 g/mol. The van der Waals surface area contributed by atoms with E-state index in [4.69, 9.17) is 10.3 Å². The van der Waals surface area contributed by atoms with Gasteiger partial charge in [0.15, 0.2) is 5.76 Å². The van der Waals surface area contributed by atoms with Crippen LogP contribution in [0, 0.1) is 0 Å². The van der Waals surface area contributed by atoms with Crippen LogP contribution < -0.4 is 5.73 Å². The third-order valence-electron chi connectivity index (χ3n) is 2.56. The lowest BCUT2D eigenvalue weighted by molar-refractivity contribution is 0.274. The van der Waals surface area contributed by atoms with Gasteiger partial charge in [-0.25, -0.2) is 0 Å². The smallest absolute Gasteiger partial charge is 0.151 e. The summed E-state index contributed by atoms with van der Waals surface area (Å²) >= 11 is 1.80. The van der Waals surface area contributed by atoms with Gasteiger partial charge in [0.2, 0.25) is 0 Å². The van der Waals surface area contributed by atoms with E-state index in [1.54, 1.807) is 11.3 Å². The number of rotatable bonds is 6. The molecule has 0 aliphatic rings. The van der Waals surface area contributed by atoms with Gasteiger partial charge in [0.05, 0.1) is 12.2 Å². The van der Waals surface area contributed by atoms with Crippen molar-refractivity contribution in [2.24, 2.45) is 5.73 Å². The molecule has 2 rings (SSSR count). The topological polar surface area (TPSA) is 55.3 Å². The highest BCUT2D eigenvalue weighted by Gasteiger charge is 2.06. The Balaban J connectivity index is 1.78. The van der Waals surface area contributed by atoms with Gasteiger partial charge in [0.25, 0.3) is 0 Å². The van der Waals surface area contributed by atoms with Gasteiger partial charge in [0.1, 0.15) is 0 Å². The summed E-state index contributed by atoms with van der Waals surface area (Å²) in [7, 11) is 2.08. The zero-order valence-electron chi connectivity index (χ0n) is 9.93. The highest BCUT2D eigenvalue weighted by Crippen LogP contribution is 2.11. The molecular formula is C12H17N3OS. The molecule has 0 spiro atoms. The molecule has 4 nitrogen and oxygen atoms in total. The molecule has 2 heterocycles. The molecule has 2 aromatic rings. The third kappa shape index (κ3) is 3.66. The largest absolute Gasteiger partial charge is 0.360 e. The molecule has 92 valence electrons. The quantitative estimate of drug-likeness (QED) is 0.851. The lowest BCUT2D eigenvalue weighted by Gasteiger charge is -2.13. The summed E-state index contributed by atoms with van der Waals surface area (Å²) in [5.41, 5.74) is 6.29. The maximum atomic E-state index is 5.48. The van der Waals surface area contributed by atoms with Gasteiger partial charge < -0.3 is 10.3 Å². The van der Waals surface area contributed by atoms with Crippen LogP contribution in [0.4, 0.5) is 0 Å². The number of thiophene rings is 1. The molecule has 0 atom stereocenters. The molecule has 0 fully saturated rings. The Labute approximate surface area is 105 Å². The minimum Gasteiger partial charge on any atom is -0.360 e. The van der Waals surface area contributed by atoms with Crippen LogP contribution in [0.1, 0.15) is 16.3 Å². The van der Waals surface area contributed by atoms with Gasteiger partial charge in [-0.2, -0.15) is 0 Å². The first kappa shape index (κ1) is 12.3. The molecule has 0 saturated heterocycles. The van der Waals surface area contributed by atoms with E-state index in [0.29, 0.717) is 6.54 Å². The Morgan fingerprint density at radius 2 is 2.41 bits per heavy atom. The molecule has 0 radical (unpaired) electrons. The van der Waals surface area contributed by atoms with Crippen molar-refractivity contribution >= 4 is 11.3 Å². The first-order valence-electron chi connectivity index (χ1n) is 5.63. The molecule has 0 aromatic carbocycles. The fourth-order valence-electron chi connectivity index (χ4n) is 1.63. The van der Waals surface area contributed by atoms with E-state index in [1.807, 2.05) is 6.07 Å². The van der Waals surface area contributed by atoms with Crippen LogP contribution >= 0.6 is 11.3 Å². The van der Waals surface area contributed by atoms with Crippen molar-refractivity contribution in [1.29, 1.82) is 0 Å². The number of likely N-dealkylation sites (N-methyl/N-ethyl adjacent to an activating group) is 1. The zero-order valence-corrected chi connectivity index (χ0v) is 10.7. The van der Waals surface area contributed by atoms with Gasteiger partial charge in [-0.1, -0.05) is 11.2 Å². The van der Waals surface area contributed by atoms with Crippen molar-refractivity contribution in [2.75, 3.05) is 13.6 Å². The molecule has 0 unspecified atom stereocenters. The van der Waals surface area contributed by atoms with Crippen molar-refractivity contribution in [3.63, 3.8) is 0 Å². The highest BCUT2D eigenvalue weighted by atomic mass is 32.1. The minimum atomic E-state index is 0.433. The van der Waals surface area contributed by atoms with E-state index in [2.05, 4.69) is 34.6 Å². The fraction of sp³-hybridized carbons (Fsp3) is 0.417. The second-order valence-corrected chi connectivity index (χ2v) is 5.09. The fourth-order valence-corrected chi connectivity index (χ4v) is 2.33. The number of hydrogen-bond donors (Lipinski definition) is 1. The van der Waals surface area contributed by atoms with Crippen LogP contribution in [0.15, 0.2) is 28.1 Å². The van der Waals surface area contributed by atoms with Crippen LogP contribution in [-0.2, 0) is 19.5 Å². The second kappa shape index (κ2) is 5.95. The summed E-state index contributed by atoms with van der Waals surface area (Å²) in [4.78, 5) is 3.64. The number of nitrogens with two attached hydrogens (primary N) is 1. The maximum absolute atomic E-state index is 5.48. The van der Waals surface area contributed by atoms with Gasteiger partial charge in [-0.05, 0) is 24.9 Å². The van der Waals surface area contributed by atoms with Crippen molar-refractivity contribution < 1.29 is 4.52 Å². The summed E-state index contributed by atoms with van der Waals surface area (Å²) in [5, 5.41) is 5.98. The van der Waals surface area contributed by atoms with E-state index >= 15 is 0 Å². The summed E-state index contributed by atoms with van der Waals surface area (Å²) < 4.78 is 5.19. The third-order valence-corrected chi connectivity index (χ3v) is 3.50. The van der Waals surface area contributed by atoms with Gasteiger partial charge >= 0.3 is 0 Å². The van der Waals surface area contributed by atoms with E-state index in [0.717, 1.165) is 31.0 Å². The molecule has 2 aromatic heterocycles. The molecule has 0 saturated carbocycles. The Kier molecular flexibility index (Phi) is 4.30. The van der Waals surface area contributed by atoms with E-state index in [-0.39, 0.29) is 0 Å². The predicted octanol–water partition coefficient (Wildman–Crippen LogP) is 1.87. The Morgan fingerprint density at radius 3 is 3.06 bits per heavy atom. The first-order chi connectivity index (χ1) is 8.28. The van der Waals surface area contributed by atoms with Crippen molar-refractivity contribution in [1.82, 2.24) is 10.1 Å². The van der Waals surface area contributed by atoms with Gasteiger partial charge in [-0.3, -0.25) is 4.90 Å². The molecule has 0 aliphatic heterocycles. The molecular weight excluding hydrogens is 234 g/mol. The Bertz CT molecular complexity index is 438. The Hall–Kier alpha value is -1.17. The predicted molar refractivity (Wildman–Crippen MR) is 68.8 cm³/mol. The number of nitrogens with zero attached hydrogens (tertiary/aromatic N) is 2. The normalized spacial score (nSPS) is 11.2. The first-order valence-corrected chi connectivity index (χ1v) is 6.51. The summed E-state index contributed by atoms with van der Waals surface area (Å²) in [6.07, 6.45) is 1.08. The standard InChI is InChI=1S/C12H17N3OS/c1-15(5-4-12-3-2-6-17-12)9-11-7-10(8-13)14-16-11/h2-3,6-7H,4-5,8-9,13H2,1H3. The maximum Gasteiger partial charge on any atom is 0.151 e. The second-order valence-electron chi connectivity index (χ2n) is 4.06. The SMILES string of the molecule is CN(CCc1cccs1)Cc1cc(CN)no1. The van der Waals surface area contributed by atoms with E-state index in [9.17, 15) is 0 Å². The van der Waals surface area contributed by atoms with E-state index in [1.165, 1.54) is 4.88 Å². The van der Waals surface area contributed by atoms with E-state index < -0.39 is 0 Å². The van der Waals surface area contributed by atoms with Crippen LogP contribution in [-0.4, -0.2) is 23.6 Å². The Morgan fingerprint density at radius 1 is 1.53 bits per heavy atom. The molecule has 0 amide bonds. The lowest BCUT2D eigenvalue weighted by Crippen LogP contribution is -2.20. The van der Waals surface area contributed by atoms with Gasteiger partial charge in [0, 0.05) is 24.0 Å². The summed E-state index contributed by atoms with van der Waals surface area (Å²) in [5.74, 6) is 0.874. The van der Waals surface area contributed by atoms with Crippen LogP contribution in [0.5, 0.6) is 0 Å². The number of hydrogen-bond acceptors (Lipinski definition) is 5. The molecule has 2 N–H and O–H groups in total. The minimum absolute atomic E-state index is 0.433. The molecule has 5 heteroatoms. The van der Waals surface area contributed by atoms with Crippen molar-refractivity contribution in [3.8, 4) is 0 Å². The molecule has 0 bridgehead atoms. The van der Waals surface area contributed by atoms with Crippen LogP contribution in [0.25, 0.3) is 0 Å². The van der Waals surface area contributed by atoms with Crippen LogP contribution in [0.3, 0.4) is 0 Å². The molecule has 0 aliphatic carbocycles.